The van der Waals surface area contributed by atoms with Crippen LogP contribution >= 0.6 is 0 Å². The third kappa shape index (κ3) is 3.41. The maximum absolute atomic E-state index is 12.9. The first kappa shape index (κ1) is 15.5. The number of nitrogens with zero attached hydrogens (tertiary/aromatic N) is 1. The summed E-state index contributed by atoms with van der Waals surface area (Å²) >= 11 is 0. The molecule has 0 aliphatic rings. The number of benzene rings is 1. The molecule has 0 unspecified atom stereocenters. The van der Waals surface area contributed by atoms with E-state index in [1.807, 2.05) is 0 Å². The third-order valence-corrected chi connectivity index (χ3v) is 3.27. The smallest absolute Gasteiger partial charge is 0.376 e. The van der Waals surface area contributed by atoms with Crippen LogP contribution in [0.5, 0.6) is 0 Å². The predicted molar refractivity (Wildman–Crippen MR) is 77.9 cm³/mol. The second kappa shape index (κ2) is 6.26. The van der Waals surface area contributed by atoms with E-state index in [1.165, 1.54) is 12.1 Å². The number of rotatable bonds is 5. The Balaban J connectivity index is 2.24. The van der Waals surface area contributed by atoms with Crippen molar-refractivity contribution >= 4 is 17.5 Å². The van der Waals surface area contributed by atoms with Crippen LogP contribution in [0.1, 0.15) is 17.0 Å². The molecule has 2 rings (SSSR count). The second-order valence-corrected chi connectivity index (χ2v) is 4.77. The summed E-state index contributed by atoms with van der Waals surface area (Å²) in [5, 5.41) is 18.4. The van der Waals surface area contributed by atoms with Gasteiger partial charge in [-0.05, 0) is 29.8 Å². The molecule has 5 nitrogen and oxygen atoms in total. The van der Waals surface area contributed by atoms with Crippen molar-refractivity contribution in [2.24, 2.45) is 7.05 Å². The van der Waals surface area contributed by atoms with Gasteiger partial charge in [-0.3, -0.25) is 4.79 Å². The lowest BCUT2D eigenvalue weighted by atomic mass is 10.1. The van der Waals surface area contributed by atoms with Gasteiger partial charge in [0.1, 0.15) is 11.6 Å². The van der Waals surface area contributed by atoms with Crippen LogP contribution in [-0.4, -0.2) is 26.5 Å². The highest BCUT2D eigenvalue weighted by molar-refractivity contribution is 6.38. The van der Waals surface area contributed by atoms with Crippen LogP contribution in [0.3, 0.4) is 0 Å². The van der Waals surface area contributed by atoms with Gasteiger partial charge in [-0.15, -0.1) is 0 Å². The van der Waals surface area contributed by atoms with E-state index in [0.717, 1.165) is 11.3 Å². The summed E-state index contributed by atoms with van der Waals surface area (Å²) in [7, 11) is 1.68. The van der Waals surface area contributed by atoms with Gasteiger partial charge in [-0.2, -0.15) is 0 Å². The van der Waals surface area contributed by atoms with E-state index >= 15 is 0 Å². The number of aromatic nitrogens is 1. The Morgan fingerprint density at radius 1 is 1.14 bits per heavy atom. The van der Waals surface area contributed by atoms with Crippen LogP contribution in [0, 0.1) is 5.82 Å². The molecule has 6 heteroatoms. The van der Waals surface area contributed by atoms with Crippen molar-refractivity contribution in [3.63, 3.8) is 0 Å². The lowest BCUT2D eigenvalue weighted by Crippen LogP contribution is -2.10. The Bertz CT molecular complexity index is 744. The van der Waals surface area contributed by atoms with Gasteiger partial charge in [0.2, 0.25) is 0 Å². The zero-order chi connectivity index (χ0) is 16.3. The van der Waals surface area contributed by atoms with Crippen molar-refractivity contribution in [2.45, 2.75) is 6.42 Å². The minimum absolute atomic E-state index is 0.316. The number of aliphatic hydroxyl groups excluding tert-OH is 1. The summed E-state index contributed by atoms with van der Waals surface area (Å²) in [4.78, 5) is 21.6. The van der Waals surface area contributed by atoms with Gasteiger partial charge < -0.3 is 14.8 Å². The number of aliphatic carboxylic acids is 1. The van der Waals surface area contributed by atoms with Crippen LogP contribution < -0.4 is 0 Å². The number of carbonyl (C=O) groups excluding carboxylic acids is 1. The molecule has 22 heavy (non-hydrogen) atoms. The number of aliphatic hydroxyl groups is 1. The highest BCUT2D eigenvalue weighted by Gasteiger charge is 2.14. The highest BCUT2D eigenvalue weighted by atomic mass is 19.1. The lowest BCUT2D eigenvalue weighted by molar-refractivity contribution is -0.146. The van der Waals surface area contributed by atoms with E-state index in [1.54, 1.807) is 35.9 Å². The molecule has 0 radical (unpaired) electrons. The van der Waals surface area contributed by atoms with E-state index in [4.69, 9.17) is 5.11 Å². The Hall–Kier alpha value is -2.89. The molecule has 0 aliphatic heterocycles. The van der Waals surface area contributed by atoms with Gasteiger partial charge in [-0.1, -0.05) is 12.1 Å². The molecule has 0 saturated heterocycles. The lowest BCUT2D eigenvalue weighted by Gasteiger charge is -2.07. The van der Waals surface area contributed by atoms with Crippen molar-refractivity contribution in [3.05, 3.63) is 65.2 Å². The molecule has 0 spiro atoms. The molecule has 2 aromatic rings. The topological polar surface area (TPSA) is 79.5 Å². The van der Waals surface area contributed by atoms with Crippen molar-refractivity contribution < 1.29 is 24.2 Å². The zero-order valence-electron chi connectivity index (χ0n) is 11.8. The van der Waals surface area contributed by atoms with E-state index < -0.39 is 17.5 Å². The van der Waals surface area contributed by atoms with Crippen LogP contribution in [-0.2, 0) is 23.1 Å². The van der Waals surface area contributed by atoms with Crippen molar-refractivity contribution in [3.8, 4) is 0 Å². The number of carboxylic acids is 1. The van der Waals surface area contributed by atoms with Crippen molar-refractivity contribution in [1.82, 2.24) is 4.57 Å². The Morgan fingerprint density at radius 2 is 1.77 bits per heavy atom. The van der Waals surface area contributed by atoms with Crippen LogP contribution in [0.25, 0.3) is 5.76 Å². The summed E-state index contributed by atoms with van der Waals surface area (Å²) in [6.07, 6.45) is 1.18. The number of carboxylic acid groups (broad SMARTS) is 1. The molecule has 1 aromatic heterocycles. The van der Waals surface area contributed by atoms with Crippen molar-refractivity contribution in [1.29, 1.82) is 0 Å². The zero-order valence-corrected chi connectivity index (χ0v) is 11.8. The first-order valence-corrected chi connectivity index (χ1v) is 6.46. The van der Waals surface area contributed by atoms with E-state index in [2.05, 4.69) is 0 Å². The van der Waals surface area contributed by atoms with Gasteiger partial charge in [0.15, 0.2) is 0 Å². The van der Waals surface area contributed by atoms with Crippen LogP contribution in [0.15, 0.2) is 42.5 Å². The number of hydrogen-bond acceptors (Lipinski definition) is 3. The molecule has 0 saturated carbocycles. The number of halogens is 1. The minimum atomic E-state index is -1.63. The monoisotopic (exact) mass is 303 g/mol. The Morgan fingerprint density at radius 3 is 2.36 bits per heavy atom. The van der Waals surface area contributed by atoms with Crippen molar-refractivity contribution in [2.75, 3.05) is 0 Å². The normalized spacial score (nSPS) is 11.5. The second-order valence-electron chi connectivity index (χ2n) is 4.77. The molecule has 114 valence electrons. The number of ketones is 1. The molecular weight excluding hydrogens is 289 g/mol. The summed E-state index contributed by atoms with van der Waals surface area (Å²) in [5.74, 6) is -3.56. The van der Waals surface area contributed by atoms with E-state index in [9.17, 15) is 19.1 Å². The van der Waals surface area contributed by atoms with Gasteiger partial charge in [0.25, 0.3) is 5.78 Å². The molecule has 2 N–H and O–H groups in total. The van der Waals surface area contributed by atoms with E-state index in [0.29, 0.717) is 18.2 Å². The molecule has 1 aromatic carbocycles. The van der Waals surface area contributed by atoms with Gasteiger partial charge in [-0.25, -0.2) is 9.18 Å². The maximum atomic E-state index is 12.9. The molecule has 0 aliphatic carbocycles. The quantitative estimate of drug-likeness (QED) is 0.504. The molecular formula is C16H14FNO4. The molecule has 0 fully saturated rings. The number of hydrogen-bond donors (Lipinski definition) is 2. The molecule has 1 heterocycles. The fraction of sp³-hybridized carbons (Fsp3) is 0.125. The molecule has 0 amide bonds. The van der Waals surface area contributed by atoms with Gasteiger partial charge in [0, 0.05) is 25.2 Å². The Labute approximate surface area is 125 Å². The first-order valence-electron chi connectivity index (χ1n) is 6.46. The first-order chi connectivity index (χ1) is 10.4. The summed E-state index contributed by atoms with van der Waals surface area (Å²) in [5.41, 5.74) is 2.04. The van der Waals surface area contributed by atoms with Crippen LogP contribution in [0.4, 0.5) is 4.39 Å². The summed E-state index contributed by atoms with van der Waals surface area (Å²) in [6.45, 7) is 0. The predicted octanol–water partition coefficient (Wildman–Crippen LogP) is 2.31. The average Bonchev–Trinajstić information content (AvgIpc) is 2.82. The summed E-state index contributed by atoms with van der Waals surface area (Å²) in [6, 6.07) is 9.37. The largest absolute Gasteiger partial charge is 0.506 e. The third-order valence-electron chi connectivity index (χ3n) is 3.27. The maximum Gasteiger partial charge on any atom is 0.376 e. The molecule has 0 atom stereocenters. The van der Waals surface area contributed by atoms with E-state index in [-0.39, 0.29) is 5.82 Å². The standard InChI is InChI=1S/C16H14FNO4/c1-18-12(8-10-2-4-11(17)5-3-10)6-7-13(18)14(19)9-15(20)16(21)22/h2-7,9,19H,8H2,1H3,(H,21,22). The van der Waals surface area contributed by atoms with Gasteiger partial charge in [0.05, 0.1) is 5.69 Å². The molecule has 0 bridgehead atoms. The van der Waals surface area contributed by atoms with Gasteiger partial charge >= 0.3 is 5.97 Å². The Kier molecular flexibility index (Phi) is 4.41. The summed E-state index contributed by atoms with van der Waals surface area (Å²) < 4.78 is 14.5. The van der Waals surface area contributed by atoms with Crippen LogP contribution in [0.2, 0.25) is 0 Å². The fourth-order valence-corrected chi connectivity index (χ4v) is 2.06. The average molecular weight is 303 g/mol. The number of carbonyl (C=O) groups is 2. The fourth-order valence-electron chi connectivity index (χ4n) is 2.06. The highest BCUT2D eigenvalue weighted by Crippen LogP contribution is 2.18. The SMILES string of the molecule is Cn1c(Cc2ccc(F)cc2)ccc1C(O)=CC(=O)C(=O)O. The minimum Gasteiger partial charge on any atom is -0.506 e.